The molecule has 1 aliphatic rings. The third kappa shape index (κ3) is 6.29. The van der Waals surface area contributed by atoms with E-state index in [9.17, 15) is 9.59 Å². The summed E-state index contributed by atoms with van der Waals surface area (Å²) in [5.41, 5.74) is -0.353. The molecule has 0 aliphatic heterocycles. The van der Waals surface area contributed by atoms with Crippen molar-refractivity contribution in [2.24, 2.45) is 11.3 Å². The van der Waals surface area contributed by atoms with Crippen LogP contribution in [-0.4, -0.2) is 24.9 Å². The number of carbonyl (C=O) groups is 2. The van der Waals surface area contributed by atoms with Crippen molar-refractivity contribution in [2.75, 3.05) is 13.1 Å². The van der Waals surface area contributed by atoms with Gasteiger partial charge in [-0.05, 0) is 25.2 Å². The van der Waals surface area contributed by atoms with Crippen molar-refractivity contribution >= 4 is 11.8 Å². The molecular weight excluding hydrogens is 216 g/mol. The van der Waals surface area contributed by atoms with E-state index in [1.807, 2.05) is 20.8 Å². The van der Waals surface area contributed by atoms with Gasteiger partial charge >= 0.3 is 0 Å². The molecule has 4 heteroatoms. The van der Waals surface area contributed by atoms with Gasteiger partial charge in [-0.2, -0.15) is 0 Å². The molecule has 1 aliphatic carbocycles. The Kier molecular flexibility index (Phi) is 4.97. The maximum atomic E-state index is 11.5. The van der Waals surface area contributed by atoms with Crippen molar-refractivity contribution in [1.29, 1.82) is 0 Å². The molecule has 0 aromatic carbocycles. The van der Waals surface area contributed by atoms with E-state index in [1.165, 1.54) is 12.8 Å². The summed E-state index contributed by atoms with van der Waals surface area (Å²) in [5, 5.41) is 5.75. The van der Waals surface area contributed by atoms with Crippen molar-refractivity contribution in [3.63, 3.8) is 0 Å². The van der Waals surface area contributed by atoms with Crippen LogP contribution < -0.4 is 10.6 Å². The second kappa shape index (κ2) is 6.03. The minimum atomic E-state index is -0.353. The van der Waals surface area contributed by atoms with Crippen molar-refractivity contribution in [2.45, 2.75) is 46.5 Å². The van der Waals surface area contributed by atoms with E-state index in [-0.39, 0.29) is 17.2 Å². The molecule has 0 radical (unpaired) electrons. The predicted molar refractivity (Wildman–Crippen MR) is 67.4 cm³/mol. The van der Waals surface area contributed by atoms with Crippen LogP contribution in [0.3, 0.4) is 0 Å². The Balaban J connectivity index is 1.99. The molecule has 98 valence electrons. The van der Waals surface area contributed by atoms with Gasteiger partial charge in [0.15, 0.2) is 0 Å². The summed E-state index contributed by atoms with van der Waals surface area (Å²) in [5.74, 6) is 0.859. The Hall–Kier alpha value is -1.06. The summed E-state index contributed by atoms with van der Waals surface area (Å²) in [6.45, 7) is 7.04. The molecule has 0 heterocycles. The van der Waals surface area contributed by atoms with Gasteiger partial charge in [0, 0.05) is 24.9 Å². The highest BCUT2D eigenvalue weighted by atomic mass is 16.2. The smallest absolute Gasteiger partial charge is 0.225 e. The average molecular weight is 240 g/mol. The van der Waals surface area contributed by atoms with E-state index in [0.717, 1.165) is 12.5 Å². The van der Waals surface area contributed by atoms with E-state index in [4.69, 9.17) is 0 Å². The Morgan fingerprint density at radius 1 is 1.18 bits per heavy atom. The zero-order valence-corrected chi connectivity index (χ0v) is 11.1. The molecule has 0 aromatic heterocycles. The van der Waals surface area contributed by atoms with Crippen LogP contribution in [-0.2, 0) is 9.59 Å². The zero-order valence-electron chi connectivity index (χ0n) is 11.1. The number of hydrogen-bond acceptors (Lipinski definition) is 2. The summed E-state index contributed by atoms with van der Waals surface area (Å²) in [4.78, 5) is 22.9. The van der Waals surface area contributed by atoms with Crippen LogP contribution in [0, 0.1) is 11.3 Å². The molecule has 4 nitrogen and oxygen atoms in total. The van der Waals surface area contributed by atoms with Gasteiger partial charge in [-0.3, -0.25) is 9.59 Å². The molecule has 2 amide bonds. The van der Waals surface area contributed by atoms with Crippen LogP contribution in [0.2, 0.25) is 0 Å². The first-order chi connectivity index (χ1) is 7.89. The van der Waals surface area contributed by atoms with Gasteiger partial charge in [-0.25, -0.2) is 0 Å². The maximum absolute atomic E-state index is 11.5. The van der Waals surface area contributed by atoms with Crippen LogP contribution in [0.1, 0.15) is 46.5 Å². The van der Waals surface area contributed by atoms with Gasteiger partial charge in [0.05, 0.1) is 0 Å². The van der Waals surface area contributed by atoms with E-state index >= 15 is 0 Å². The summed E-state index contributed by atoms with van der Waals surface area (Å²) in [7, 11) is 0. The molecule has 17 heavy (non-hydrogen) atoms. The molecule has 0 saturated heterocycles. The lowest BCUT2D eigenvalue weighted by Crippen LogP contribution is -2.35. The highest BCUT2D eigenvalue weighted by Gasteiger charge is 2.22. The number of rotatable bonds is 6. The first kappa shape index (κ1) is 14.0. The normalized spacial score (nSPS) is 15.5. The molecule has 0 bridgehead atoms. The van der Waals surface area contributed by atoms with Crippen molar-refractivity contribution in [3.8, 4) is 0 Å². The average Bonchev–Trinajstić information content (AvgIpc) is 3.03. The lowest BCUT2D eigenvalue weighted by molar-refractivity contribution is -0.128. The summed E-state index contributed by atoms with van der Waals surface area (Å²) < 4.78 is 0. The highest BCUT2D eigenvalue weighted by Crippen LogP contribution is 2.27. The first-order valence-electron chi connectivity index (χ1n) is 6.44. The third-order valence-electron chi connectivity index (χ3n) is 2.83. The molecule has 1 rings (SSSR count). The number of carbonyl (C=O) groups excluding carboxylic acids is 2. The SMILES string of the molecule is CC(C)(C)C(=O)NCCCC(=O)NCC1CC1. The quantitative estimate of drug-likeness (QED) is 0.690. The topological polar surface area (TPSA) is 58.2 Å². The molecule has 0 unspecified atom stereocenters. The van der Waals surface area contributed by atoms with Crippen molar-refractivity contribution < 1.29 is 9.59 Å². The number of amides is 2. The summed E-state index contributed by atoms with van der Waals surface area (Å²) in [6.07, 6.45) is 3.71. The fourth-order valence-corrected chi connectivity index (χ4v) is 1.38. The molecule has 1 saturated carbocycles. The molecule has 0 aromatic rings. The Labute approximate surface area is 104 Å². The first-order valence-corrected chi connectivity index (χ1v) is 6.44. The van der Waals surface area contributed by atoms with E-state index in [2.05, 4.69) is 10.6 Å². The third-order valence-corrected chi connectivity index (χ3v) is 2.83. The molecule has 2 N–H and O–H groups in total. The van der Waals surface area contributed by atoms with Gasteiger partial charge < -0.3 is 10.6 Å². The number of hydrogen-bond donors (Lipinski definition) is 2. The second-order valence-electron chi connectivity index (χ2n) is 5.86. The van der Waals surface area contributed by atoms with Crippen LogP contribution in [0.5, 0.6) is 0 Å². The van der Waals surface area contributed by atoms with Gasteiger partial charge in [-0.1, -0.05) is 20.8 Å². The minimum Gasteiger partial charge on any atom is -0.356 e. The molecule has 1 fully saturated rings. The zero-order chi connectivity index (χ0) is 12.9. The van der Waals surface area contributed by atoms with Crippen LogP contribution in [0.4, 0.5) is 0 Å². The second-order valence-corrected chi connectivity index (χ2v) is 5.86. The fourth-order valence-electron chi connectivity index (χ4n) is 1.38. The lowest BCUT2D eigenvalue weighted by atomic mass is 9.96. The van der Waals surface area contributed by atoms with Gasteiger partial charge in [0.1, 0.15) is 0 Å². The molecule has 0 spiro atoms. The lowest BCUT2D eigenvalue weighted by Gasteiger charge is -2.17. The number of nitrogens with one attached hydrogen (secondary N) is 2. The van der Waals surface area contributed by atoms with E-state index < -0.39 is 0 Å². The van der Waals surface area contributed by atoms with Gasteiger partial charge in [0.25, 0.3) is 0 Å². The van der Waals surface area contributed by atoms with Crippen molar-refractivity contribution in [1.82, 2.24) is 10.6 Å². The summed E-state index contributed by atoms with van der Waals surface area (Å²) >= 11 is 0. The molecule has 0 atom stereocenters. The van der Waals surface area contributed by atoms with Crippen LogP contribution >= 0.6 is 0 Å². The summed E-state index contributed by atoms with van der Waals surface area (Å²) in [6, 6.07) is 0. The fraction of sp³-hybridized carbons (Fsp3) is 0.846. The standard InChI is InChI=1S/C13H24N2O2/c1-13(2,3)12(17)14-8-4-5-11(16)15-9-10-6-7-10/h10H,4-9H2,1-3H3,(H,14,17)(H,15,16). The van der Waals surface area contributed by atoms with E-state index in [0.29, 0.717) is 19.4 Å². The predicted octanol–water partition coefficient (Wildman–Crippen LogP) is 1.46. The van der Waals surface area contributed by atoms with E-state index in [1.54, 1.807) is 0 Å². The Morgan fingerprint density at radius 3 is 2.35 bits per heavy atom. The van der Waals surface area contributed by atoms with Gasteiger partial charge in [0.2, 0.25) is 11.8 Å². The minimum absolute atomic E-state index is 0.0379. The largest absolute Gasteiger partial charge is 0.356 e. The van der Waals surface area contributed by atoms with Crippen LogP contribution in [0.15, 0.2) is 0 Å². The van der Waals surface area contributed by atoms with Crippen molar-refractivity contribution in [3.05, 3.63) is 0 Å². The Morgan fingerprint density at radius 2 is 1.82 bits per heavy atom. The molecular formula is C13H24N2O2. The highest BCUT2D eigenvalue weighted by molar-refractivity contribution is 5.81. The van der Waals surface area contributed by atoms with Gasteiger partial charge in [-0.15, -0.1) is 0 Å². The Bertz CT molecular complexity index is 278. The maximum Gasteiger partial charge on any atom is 0.225 e. The monoisotopic (exact) mass is 240 g/mol. The van der Waals surface area contributed by atoms with Crippen LogP contribution in [0.25, 0.3) is 0 Å².